The van der Waals surface area contributed by atoms with Gasteiger partial charge in [-0.05, 0) is 13.0 Å². The van der Waals surface area contributed by atoms with E-state index in [4.69, 9.17) is 0 Å². The molecule has 0 radical (unpaired) electrons. The SMILES string of the molecule is c1[nH+][nH]c2c1CCNC2. The van der Waals surface area contributed by atoms with E-state index < -0.39 is 0 Å². The van der Waals surface area contributed by atoms with Gasteiger partial charge in [0.25, 0.3) is 0 Å². The van der Waals surface area contributed by atoms with Crippen molar-refractivity contribution in [3.8, 4) is 0 Å². The second-order valence-corrected chi connectivity index (χ2v) is 2.34. The first-order valence-corrected chi connectivity index (χ1v) is 3.24. The van der Waals surface area contributed by atoms with Crippen LogP contribution in [-0.4, -0.2) is 11.6 Å². The van der Waals surface area contributed by atoms with Crippen molar-refractivity contribution in [1.82, 2.24) is 10.4 Å². The Morgan fingerprint density at radius 1 is 1.56 bits per heavy atom. The van der Waals surface area contributed by atoms with Crippen LogP contribution in [0.4, 0.5) is 0 Å². The third-order valence-electron chi connectivity index (χ3n) is 1.73. The van der Waals surface area contributed by atoms with Crippen molar-refractivity contribution >= 4 is 0 Å². The summed E-state index contributed by atoms with van der Waals surface area (Å²) in [5.74, 6) is 0. The molecule has 0 fully saturated rings. The van der Waals surface area contributed by atoms with E-state index in [1.807, 2.05) is 6.20 Å². The monoisotopic (exact) mass is 124 g/mol. The average molecular weight is 124 g/mol. The van der Waals surface area contributed by atoms with Crippen molar-refractivity contribution in [2.24, 2.45) is 0 Å². The van der Waals surface area contributed by atoms with Gasteiger partial charge in [0, 0.05) is 12.1 Å². The van der Waals surface area contributed by atoms with Crippen molar-refractivity contribution in [2.45, 2.75) is 13.0 Å². The molecule has 1 aromatic rings. The Morgan fingerprint density at radius 2 is 2.56 bits per heavy atom. The molecular formula is C6H10N3+. The lowest BCUT2D eigenvalue weighted by Crippen LogP contribution is -2.22. The van der Waals surface area contributed by atoms with Crippen LogP contribution in [0.5, 0.6) is 0 Å². The summed E-state index contributed by atoms with van der Waals surface area (Å²) in [4.78, 5) is 0. The molecule has 2 rings (SSSR count). The van der Waals surface area contributed by atoms with E-state index in [0.717, 1.165) is 19.5 Å². The van der Waals surface area contributed by atoms with Crippen LogP contribution in [0.25, 0.3) is 0 Å². The molecule has 0 bridgehead atoms. The summed E-state index contributed by atoms with van der Waals surface area (Å²) in [6, 6.07) is 0. The molecule has 0 atom stereocenters. The summed E-state index contributed by atoms with van der Waals surface area (Å²) in [5.41, 5.74) is 2.73. The van der Waals surface area contributed by atoms with Crippen LogP contribution in [-0.2, 0) is 13.0 Å². The van der Waals surface area contributed by atoms with Crippen LogP contribution < -0.4 is 10.4 Å². The summed E-state index contributed by atoms with van der Waals surface area (Å²) < 4.78 is 0. The third kappa shape index (κ3) is 0.733. The van der Waals surface area contributed by atoms with Crippen LogP contribution >= 0.6 is 0 Å². The molecule has 0 saturated heterocycles. The normalized spacial score (nSPS) is 17.3. The van der Waals surface area contributed by atoms with Crippen molar-refractivity contribution < 1.29 is 5.10 Å². The fourth-order valence-corrected chi connectivity index (χ4v) is 1.19. The van der Waals surface area contributed by atoms with Gasteiger partial charge in [0.15, 0.2) is 6.20 Å². The molecule has 3 nitrogen and oxygen atoms in total. The molecule has 1 aliphatic heterocycles. The van der Waals surface area contributed by atoms with Crippen LogP contribution in [0, 0.1) is 0 Å². The second-order valence-electron chi connectivity index (χ2n) is 2.34. The maximum absolute atomic E-state index is 3.28. The summed E-state index contributed by atoms with van der Waals surface area (Å²) in [6.07, 6.45) is 3.19. The van der Waals surface area contributed by atoms with Crippen LogP contribution in [0.1, 0.15) is 11.3 Å². The summed E-state index contributed by atoms with van der Waals surface area (Å²) >= 11 is 0. The van der Waals surface area contributed by atoms with Gasteiger partial charge in [-0.15, -0.1) is 5.10 Å². The topological polar surface area (TPSA) is 42.0 Å². The molecule has 3 N–H and O–H groups in total. The molecule has 9 heavy (non-hydrogen) atoms. The Balaban J connectivity index is 2.39. The molecule has 0 amide bonds. The molecule has 0 spiro atoms. The number of hydrogen-bond acceptors (Lipinski definition) is 1. The molecule has 2 heterocycles. The lowest BCUT2D eigenvalue weighted by molar-refractivity contribution is -0.450. The molecule has 48 valence electrons. The van der Waals surface area contributed by atoms with Crippen LogP contribution in [0.3, 0.4) is 0 Å². The molecule has 0 unspecified atom stereocenters. The fourth-order valence-electron chi connectivity index (χ4n) is 1.19. The van der Waals surface area contributed by atoms with E-state index in [1.54, 1.807) is 0 Å². The average Bonchev–Trinajstić information content (AvgIpc) is 2.33. The van der Waals surface area contributed by atoms with Gasteiger partial charge in [0.2, 0.25) is 0 Å². The second kappa shape index (κ2) is 1.84. The predicted molar refractivity (Wildman–Crippen MR) is 32.8 cm³/mol. The van der Waals surface area contributed by atoms with Crippen molar-refractivity contribution in [3.05, 3.63) is 17.5 Å². The summed E-state index contributed by atoms with van der Waals surface area (Å²) in [7, 11) is 0. The van der Waals surface area contributed by atoms with E-state index in [1.165, 1.54) is 11.3 Å². The fraction of sp³-hybridized carbons (Fsp3) is 0.500. The quantitative estimate of drug-likeness (QED) is 0.480. The Hall–Kier alpha value is -0.830. The van der Waals surface area contributed by atoms with Crippen LogP contribution in [0.15, 0.2) is 6.20 Å². The van der Waals surface area contributed by atoms with Gasteiger partial charge >= 0.3 is 0 Å². The van der Waals surface area contributed by atoms with Gasteiger partial charge in [-0.1, -0.05) is 0 Å². The first kappa shape index (κ1) is 4.99. The van der Waals surface area contributed by atoms with Crippen molar-refractivity contribution in [2.75, 3.05) is 6.54 Å². The molecular weight excluding hydrogens is 114 g/mol. The number of H-pyrrole nitrogens is 2. The minimum absolute atomic E-state index is 0.985. The molecule has 0 aliphatic carbocycles. The maximum atomic E-state index is 3.28. The Morgan fingerprint density at radius 3 is 3.44 bits per heavy atom. The van der Waals surface area contributed by atoms with Gasteiger partial charge in [0.1, 0.15) is 0 Å². The van der Waals surface area contributed by atoms with Gasteiger partial charge in [-0.25, -0.2) is 0 Å². The summed E-state index contributed by atoms with van der Waals surface area (Å²) in [6.45, 7) is 2.09. The molecule has 1 aromatic heterocycles. The maximum Gasteiger partial charge on any atom is 0.196 e. The number of fused-ring (bicyclic) bond motifs is 1. The Bertz CT molecular complexity index is 183. The number of hydrogen-bond donors (Lipinski definition) is 2. The first-order chi connectivity index (χ1) is 4.47. The van der Waals surface area contributed by atoms with E-state index in [9.17, 15) is 0 Å². The minimum atomic E-state index is 0.985. The summed E-state index contributed by atoms with van der Waals surface area (Å²) in [5, 5.41) is 9.32. The van der Waals surface area contributed by atoms with Gasteiger partial charge in [-0.2, -0.15) is 5.10 Å². The number of aromatic amines is 2. The van der Waals surface area contributed by atoms with Crippen LogP contribution in [0.2, 0.25) is 0 Å². The van der Waals surface area contributed by atoms with Crippen molar-refractivity contribution in [1.29, 1.82) is 0 Å². The predicted octanol–water partition coefficient (Wildman–Crippen LogP) is -0.526. The highest BCUT2D eigenvalue weighted by Crippen LogP contribution is 2.05. The number of nitrogens with one attached hydrogen (secondary N) is 3. The van der Waals surface area contributed by atoms with Gasteiger partial charge in [0.05, 0.1) is 5.69 Å². The number of aromatic nitrogens is 2. The molecule has 0 saturated carbocycles. The zero-order chi connectivity index (χ0) is 6.10. The van der Waals surface area contributed by atoms with Gasteiger partial charge in [-0.3, -0.25) is 0 Å². The first-order valence-electron chi connectivity index (χ1n) is 3.24. The lowest BCUT2D eigenvalue weighted by atomic mass is 10.1. The van der Waals surface area contributed by atoms with E-state index in [2.05, 4.69) is 15.5 Å². The zero-order valence-corrected chi connectivity index (χ0v) is 5.20. The zero-order valence-electron chi connectivity index (χ0n) is 5.20. The molecule has 0 aromatic carbocycles. The van der Waals surface area contributed by atoms with E-state index in [0.29, 0.717) is 0 Å². The Labute approximate surface area is 53.5 Å². The largest absolute Gasteiger partial charge is 0.311 e. The smallest absolute Gasteiger partial charge is 0.196 e. The van der Waals surface area contributed by atoms with Gasteiger partial charge < -0.3 is 5.32 Å². The Kier molecular flexibility index (Phi) is 1.02. The van der Waals surface area contributed by atoms with E-state index >= 15 is 0 Å². The molecule has 1 aliphatic rings. The highest BCUT2D eigenvalue weighted by molar-refractivity contribution is 5.16. The highest BCUT2D eigenvalue weighted by Gasteiger charge is 2.11. The highest BCUT2D eigenvalue weighted by atomic mass is 15.1. The lowest BCUT2D eigenvalue weighted by Gasteiger charge is -2.07. The van der Waals surface area contributed by atoms with E-state index in [-0.39, 0.29) is 0 Å². The molecule has 3 heteroatoms. The van der Waals surface area contributed by atoms with Crippen molar-refractivity contribution in [3.63, 3.8) is 0 Å². The standard InChI is InChI=1S/C6H9N3/c1-2-7-4-6-5(1)3-8-9-6/h3,7H,1-2,4H2,(H,8,9)/p+1. The number of rotatable bonds is 0. The third-order valence-corrected chi connectivity index (χ3v) is 1.73. The minimum Gasteiger partial charge on any atom is -0.311 e.